The van der Waals surface area contributed by atoms with Crippen molar-refractivity contribution in [3.8, 4) is 0 Å². The Morgan fingerprint density at radius 3 is 2.50 bits per heavy atom. The van der Waals surface area contributed by atoms with Crippen molar-refractivity contribution in [1.82, 2.24) is 24.6 Å². The van der Waals surface area contributed by atoms with E-state index < -0.39 is 0 Å². The molecule has 9 heteroatoms. The van der Waals surface area contributed by atoms with E-state index in [4.69, 9.17) is 11.6 Å². The van der Waals surface area contributed by atoms with Crippen LogP contribution in [-0.2, 0) is 5.75 Å². The largest absolute Gasteiger partial charge is 0.355 e. The average molecular weight is 364 g/mol. The van der Waals surface area contributed by atoms with Gasteiger partial charge in [-0.25, -0.2) is 4.40 Å². The van der Waals surface area contributed by atoms with E-state index in [-0.39, 0.29) is 0 Å². The number of rotatable bonds is 7. The Labute approximate surface area is 149 Å². The van der Waals surface area contributed by atoms with Crippen LogP contribution in [0.2, 0.25) is 5.02 Å². The number of aromatic nitrogens is 5. The molecule has 0 amide bonds. The van der Waals surface area contributed by atoms with Gasteiger partial charge >= 0.3 is 0 Å². The fourth-order valence-electron chi connectivity index (χ4n) is 2.13. The third-order valence-electron chi connectivity index (χ3n) is 3.20. The summed E-state index contributed by atoms with van der Waals surface area (Å²) in [5, 5.41) is 16.3. The van der Waals surface area contributed by atoms with Gasteiger partial charge in [0.25, 0.3) is 5.78 Å². The molecule has 2 N–H and O–H groups in total. The smallest absolute Gasteiger partial charge is 0.261 e. The van der Waals surface area contributed by atoms with E-state index in [2.05, 4.69) is 30.8 Å². The van der Waals surface area contributed by atoms with Gasteiger partial charge in [-0.3, -0.25) is 0 Å². The highest BCUT2D eigenvalue weighted by Gasteiger charge is 2.14. The van der Waals surface area contributed by atoms with Gasteiger partial charge in [0.05, 0.1) is 0 Å². The van der Waals surface area contributed by atoms with Crippen LogP contribution in [0.15, 0.2) is 29.4 Å². The van der Waals surface area contributed by atoms with Gasteiger partial charge in [-0.2, -0.15) is 9.97 Å². The Morgan fingerprint density at radius 2 is 1.79 bits per heavy atom. The molecule has 0 atom stereocenters. The van der Waals surface area contributed by atoms with E-state index in [1.807, 2.05) is 42.5 Å². The van der Waals surface area contributed by atoms with Crippen molar-refractivity contribution >= 4 is 41.0 Å². The highest BCUT2D eigenvalue weighted by molar-refractivity contribution is 7.98. The first-order valence-electron chi connectivity index (χ1n) is 7.69. The van der Waals surface area contributed by atoms with Gasteiger partial charge in [0.2, 0.25) is 11.9 Å². The second-order valence-electron chi connectivity index (χ2n) is 4.96. The van der Waals surface area contributed by atoms with Gasteiger partial charge < -0.3 is 10.6 Å². The summed E-state index contributed by atoms with van der Waals surface area (Å²) >= 11 is 7.50. The number of hydrogen-bond acceptors (Lipinski definition) is 7. The molecule has 0 aliphatic carbocycles. The van der Waals surface area contributed by atoms with Crippen molar-refractivity contribution in [3.63, 3.8) is 0 Å². The van der Waals surface area contributed by atoms with Crippen LogP contribution in [-0.4, -0.2) is 37.7 Å². The van der Waals surface area contributed by atoms with Crippen molar-refractivity contribution in [1.29, 1.82) is 0 Å². The molecule has 0 spiro atoms. The van der Waals surface area contributed by atoms with Gasteiger partial charge in [0.1, 0.15) is 0 Å². The summed E-state index contributed by atoms with van der Waals surface area (Å²) < 4.78 is 1.84. The molecule has 2 heterocycles. The fourth-order valence-corrected chi connectivity index (χ4v) is 3.14. The van der Waals surface area contributed by atoms with E-state index in [1.54, 1.807) is 11.8 Å². The van der Waals surface area contributed by atoms with E-state index in [1.165, 1.54) is 0 Å². The van der Waals surface area contributed by atoms with E-state index in [0.29, 0.717) is 17.7 Å². The molecule has 2 aromatic heterocycles. The minimum atomic E-state index is 0.524. The summed E-state index contributed by atoms with van der Waals surface area (Å²) in [5.74, 6) is 2.51. The maximum Gasteiger partial charge on any atom is 0.261 e. The van der Waals surface area contributed by atoms with Crippen LogP contribution in [0.5, 0.6) is 0 Å². The van der Waals surface area contributed by atoms with Crippen LogP contribution >= 0.6 is 23.4 Å². The zero-order valence-electron chi connectivity index (χ0n) is 13.5. The molecule has 0 aliphatic rings. The number of halogens is 1. The first kappa shape index (κ1) is 16.8. The second-order valence-corrected chi connectivity index (χ2v) is 6.34. The lowest BCUT2D eigenvalue weighted by molar-refractivity contribution is 0.887. The van der Waals surface area contributed by atoms with Gasteiger partial charge in [-0.15, -0.1) is 10.2 Å². The number of hydrogen-bond donors (Lipinski definition) is 2. The number of benzene rings is 1. The summed E-state index contributed by atoms with van der Waals surface area (Å²) in [5.41, 5.74) is 1.16. The zero-order chi connectivity index (χ0) is 16.9. The van der Waals surface area contributed by atoms with Crippen LogP contribution < -0.4 is 10.6 Å². The van der Waals surface area contributed by atoms with E-state index in [9.17, 15) is 0 Å². The second kappa shape index (κ2) is 7.67. The summed E-state index contributed by atoms with van der Waals surface area (Å²) in [7, 11) is 0. The molecule has 0 bridgehead atoms. The Hall–Kier alpha value is -2.06. The first-order chi connectivity index (χ1) is 11.7. The molecular weight excluding hydrogens is 346 g/mol. The van der Waals surface area contributed by atoms with Crippen LogP contribution in [0.1, 0.15) is 19.4 Å². The molecule has 24 heavy (non-hydrogen) atoms. The van der Waals surface area contributed by atoms with Gasteiger partial charge in [-0.05, 0) is 31.5 Å². The van der Waals surface area contributed by atoms with Crippen molar-refractivity contribution in [2.45, 2.75) is 24.8 Å². The lowest BCUT2D eigenvalue weighted by Crippen LogP contribution is -2.11. The van der Waals surface area contributed by atoms with Gasteiger partial charge in [0, 0.05) is 23.9 Å². The molecule has 0 aliphatic heterocycles. The topological polar surface area (TPSA) is 80.0 Å². The molecule has 0 unspecified atom stereocenters. The predicted molar refractivity (Wildman–Crippen MR) is 97.9 cm³/mol. The van der Waals surface area contributed by atoms with E-state index in [0.717, 1.165) is 34.6 Å². The highest BCUT2D eigenvalue weighted by atomic mass is 35.5. The van der Waals surface area contributed by atoms with Crippen LogP contribution in [0.4, 0.5) is 11.9 Å². The Kier molecular flexibility index (Phi) is 5.37. The van der Waals surface area contributed by atoms with Crippen molar-refractivity contribution < 1.29 is 0 Å². The molecule has 3 aromatic rings. The van der Waals surface area contributed by atoms with Gasteiger partial charge in [0.15, 0.2) is 5.16 Å². The molecule has 0 radical (unpaired) electrons. The third kappa shape index (κ3) is 3.70. The highest BCUT2D eigenvalue weighted by Crippen LogP contribution is 2.24. The first-order valence-corrected chi connectivity index (χ1v) is 9.05. The van der Waals surface area contributed by atoms with E-state index >= 15 is 0 Å². The summed E-state index contributed by atoms with van der Waals surface area (Å²) in [4.78, 5) is 8.89. The predicted octanol–water partition coefficient (Wildman–Crippen LogP) is 3.33. The third-order valence-corrected chi connectivity index (χ3v) is 4.45. The molecular formula is C15H18ClN7S. The van der Waals surface area contributed by atoms with Crippen molar-refractivity contribution in [2.24, 2.45) is 0 Å². The molecule has 3 rings (SSSR count). The average Bonchev–Trinajstić information content (AvgIpc) is 2.98. The maximum atomic E-state index is 5.92. The van der Waals surface area contributed by atoms with Crippen LogP contribution in [0, 0.1) is 0 Å². The number of anilines is 2. The molecule has 1 aromatic carbocycles. The summed E-state index contributed by atoms with van der Waals surface area (Å²) in [6, 6.07) is 7.78. The van der Waals surface area contributed by atoms with Gasteiger partial charge in [-0.1, -0.05) is 35.5 Å². The molecule has 0 saturated heterocycles. The Balaban J connectivity index is 1.88. The Bertz CT molecular complexity index is 819. The van der Waals surface area contributed by atoms with Crippen LogP contribution in [0.25, 0.3) is 5.78 Å². The summed E-state index contributed by atoms with van der Waals surface area (Å²) in [6.45, 7) is 5.51. The molecule has 126 valence electrons. The monoisotopic (exact) mass is 363 g/mol. The molecule has 0 saturated carbocycles. The fraction of sp³-hybridized carbons (Fsp3) is 0.333. The zero-order valence-corrected chi connectivity index (χ0v) is 15.0. The standard InChI is InChI=1S/C15H18ClN7S/c1-3-17-12-19-13(18-4-2)23-14(20-12)21-22-15(23)24-9-10-5-7-11(16)8-6-10/h5-8H,3-4,9H2,1-2H3,(H2,17,18,19,20,21). The van der Waals surface area contributed by atoms with Crippen molar-refractivity contribution in [3.05, 3.63) is 34.9 Å². The number of nitrogens with one attached hydrogen (secondary N) is 2. The molecule has 0 fully saturated rings. The number of fused-ring (bicyclic) bond motifs is 1. The normalized spacial score (nSPS) is 11.0. The minimum Gasteiger partial charge on any atom is -0.355 e. The summed E-state index contributed by atoms with van der Waals surface area (Å²) in [6.07, 6.45) is 0. The SMILES string of the molecule is CCNc1nc(NCC)n2c(SCc3ccc(Cl)cc3)nnc2n1. The Morgan fingerprint density at radius 1 is 1.04 bits per heavy atom. The minimum absolute atomic E-state index is 0.524. The number of thioether (sulfide) groups is 1. The lowest BCUT2D eigenvalue weighted by atomic mass is 10.2. The van der Waals surface area contributed by atoms with Crippen molar-refractivity contribution in [2.75, 3.05) is 23.7 Å². The lowest BCUT2D eigenvalue weighted by Gasteiger charge is -2.09. The number of nitrogens with zero attached hydrogens (tertiary/aromatic N) is 5. The quantitative estimate of drug-likeness (QED) is 0.623. The maximum absolute atomic E-state index is 5.92. The van der Waals surface area contributed by atoms with Crippen LogP contribution in [0.3, 0.4) is 0 Å². The molecule has 7 nitrogen and oxygen atoms in total.